The molecule has 2 N–H and O–H groups in total. The van der Waals surface area contributed by atoms with E-state index in [1.807, 2.05) is 18.7 Å². The minimum Gasteiger partial charge on any atom is -0.354 e. The van der Waals surface area contributed by atoms with E-state index in [0.717, 1.165) is 24.5 Å². The van der Waals surface area contributed by atoms with Crippen LogP contribution in [0.5, 0.6) is 0 Å². The summed E-state index contributed by atoms with van der Waals surface area (Å²) >= 11 is 6.18. The average Bonchev–Trinajstić information content (AvgIpc) is 3.31. The van der Waals surface area contributed by atoms with Gasteiger partial charge < -0.3 is 10.6 Å². The Morgan fingerprint density at radius 3 is 2.71 bits per heavy atom. The average molecular weight is 520 g/mol. The van der Waals surface area contributed by atoms with Crippen LogP contribution in [0.2, 0.25) is 5.02 Å². The second-order valence-electron chi connectivity index (χ2n) is 7.32. The monoisotopic (exact) mass is 519 g/mol. The molecule has 1 heterocycles. The zero-order chi connectivity index (χ0) is 19.7. The van der Waals surface area contributed by atoms with Crippen LogP contribution in [-0.4, -0.2) is 34.9 Å². The summed E-state index contributed by atoms with van der Waals surface area (Å²) in [5.41, 5.74) is 4.10. The third-order valence-electron chi connectivity index (χ3n) is 5.26. The molecule has 3 atom stereocenters. The zero-order valence-electron chi connectivity index (χ0n) is 16.9. The number of rotatable bonds is 5. The molecule has 2 aromatic rings. The highest BCUT2D eigenvalue weighted by Crippen LogP contribution is 2.44. The number of guanidine groups is 1. The minimum absolute atomic E-state index is 0. The molecule has 0 radical (unpaired) electrons. The lowest BCUT2D eigenvalue weighted by atomic mass is 10.1. The maximum Gasteiger partial charge on any atom is 0.191 e. The molecule has 1 saturated carbocycles. The molecule has 5 nitrogen and oxygen atoms in total. The Kier molecular flexibility index (Phi) is 7.73. The van der Waals surface area contributed by atoms with Gasteiger partial charge in [0.1, 0.15) is 5.82 Å². The Bertz CT molecular complexity index is 846. The molecule has 0 saturated heterocycles. The summed E-state index contributed by atoms with van der Waals surface area (Å²) in [6.45, 7) is 6.24. The number of aliphatic imine (C=N–C) groups is 1. The first-order valence-corrected chi connectivity index (χ1v) is 9.62. The molecule has 1 fully saturated rings. The summed E-state index contributed by atoms with van der Waals surface area (Å²) in [4.78, 5) is 4.32. The van der Waals surface area contributed by atoms with Crippen LogP contribution in [0.15, 0.2) is 23.2 Å². The van der Waals surface area contributed by atoms with E-state index in [2.05, 4.69) is 34.6 Å². The molecule has 8 heteroatoms. The standard InChI is InChI=1S/C20H27ClFN5.HI/c1-11(9-14-12(2)26-27(5)13(14)3)24-20(23-4)25-18-10-15(18)19-16(21)7-6-8-17(19)22;/h6-8,11,15,18H,9-10H2,1-5H3,(H2,23,24,25);1H. The van der Waals surface area contributed by atoms with Gasteiger partial charge in [0, 0.05) is 48.4 Å². The van der Waals surface area contributed by atoms with Gasteiger partial charge in [0.15, 0.2) is 5.96 Å². The number of aromatic nitrogens is 2. The highest BCUT2D eigenvalue weighted by Gasteiger charge is 2.42. The predicted molar refractivity (Wildman–Crippen MR) is 123 cm³/mol. The zero-order valence-corrected chi connectivity index (χ0v) is 20.0. The number of hydrogen-bond acceptors (Lipinski definition) is 2. The molecule has 1 aromatic carbocycles. The van der Waals surface area contributed by atoms with E-state index in [9.17, 15) is 4.39 Å². The van der Waals surface area contributed by atoms with E-state index < -0.39 is 0 Å². The summed E-state index contributed by atoms with van der Waals surface area (Å²) in [5.74, 6) is 0.563. The van der Waals surface area contributed by atoms with Gasteiger partial charge in [-0.3, -0.25) is 9.67 Å². The number of halogens is 3. The molecule has 0 spiro atoms. The smallest absolute Gasteiger partial charge is 0.191 e. The maximum atomic E-state index is 14.1. The van der Waals surface area contributed by atoms with Crippen molar-refractivity contribution in [2.45, 2.75) is 51.6 Å². The van der Waals surface area contributed by atoms with Gasteiger partial charge in [0.05, 0.1) is 5.69 Å². The summed E-state index contributed by atoms with van der Waals surface area (Å²) in [5, 5.41) is 11.8. The second kappa shape index (κ2) is 9.43. The van der Waals surface area contributed by atoms with Crippen molar-refractivity contribution in [3.8, 4) is 0 Å². The van der Waals surface area contributed by atoms with E-state index in [-0.39, 0.29) is 47.8 Å². The molecule has 0 amide bonds. The first-order chi connectivity index (χ1) is 12.8. The van der Waals surface area contributed by atoms with Crippen LogP contribution >= 0.6 is 35.6 Å². The van der Waals surface area contributed by atoms with Gasteiger partial charge in [-0.15, -0.1) is 24.0 Å². The van der Waals surface area contributed by atoms with Gasteiger partial charge in [-0.1, -0.05) is 17.7 Å². The Labute approximate surface area is 188 Å². The quantitative estimate of drug-likeness (QED) is 0.355. The van der Waals surface area contributed by atoms with Gasteiger partial charge in [-0.2, -0.15) is 5.10 Å². The van der Waals surface area contributed by atoms with Crippen LogP contribution < -0.4 is 10.6 Å². The van der Waals surface area contributed by atoms with Crippen molar-refractivity contribution in [2.24, 2.45) is 12.0 Å². The van der Waals surface area contributed by atoms with E-state index in [1.54, 1.807) is 19.2 Å². The van der Waals surface area contributed by atoms with Crippen LogP contribution in [0.25, 0.3) is 0 Å². The topological polar surface area (TPSA) is 54.2 Å². The Balaban J connectivity index is 0.00000280. The number of aryl methyl sites for hydroxylation is 2. The maximum absolute atomic E-state index is 14.1. The SMILES string of the molecule is CN=C(NC(C)Cc1c(C)nn(C)c1C)NC1CC1c1c(F)cccc1Cl.I. The van der Waals surface area contributed by atoms with Crippen molar-refractivity contribution in [3.05, 3.63) is 51.6 Å². The predicted octanol–water partition coefficient (Wildman–Crippen LogP) is 4.10. The molecule has 3 unspecified atom stereocenters. The third kappa shape index (κ3) is 4.97. The highest BCUT2D eigenvalue weighted by atomic mass is 127. The van der Waals surface area contributed by atoms with E-state index in [4.69, 9.17) is 11.6 Å². The number of hydrogen-bond donors (Lipinski definition) is 2. The van der Waals surface area contributed by atoms with Crippen molar-refractivity contribution in [2.75, 3.05) is 7.05 Å². The Morgan fingerprint density at radius 1 is 1.43 bits per heavy atom. The number of nitrogens with zero attached hydrogens (tertiary/aromatic N) is 3. The normalized spacial score (nSPS) is 19.8. The molecule has 28 heavy (non-hydrogen) atoms. The van der Waals surface area contributed by atoms with Gasteiger partial charge >= 0.3 is 0 Å². The molecule has 3 rings (SSSR count). The van der Waals surface area contributed by atoms with E-state index in [1.165, 1.54) is 17.3 Å². The van der Waals surface area contributed by atoms with Gasteiger partial charge in [0.2, 0.25) is 0 Å². The van der Waals surface area contributed by atoms with E-state index in [0.29, 0.717) is 10.6 Å². The van der Waals surface area contributed by atoms with Crippen LogP contribution in [0.3, 0.4) is 0 Å². The summed E-state index contributed by atoms with van der Waals surface area (Å²) in [7, 11) is 3.71. The van der Waals surface area contributed by atoms with Crippen LogP contribution in [-0.2, 0) is 13.5 Å². The van der Waals surface area contributed by atoms with Crippen molar-refractivity contribution < 1.29 is 4.39 Å². The number of nitrogens with one attached hydrogen (secondary N) is 2. The molecule has 1 aromatic heterocycles. The van der Waals surface area contributed by atoms with Crippen molar-refractivity contribution in [3.63, 3.8) is 0 Å². The second-order valence-corrected chi connectivity index (χ2v) is 7.73. The lowest BCUT2D eigenvalue weighted by Gasteiger charge is -2.18. The first kappa shape index (κ1) is 22.9. The highest BCUT2D eigenvalue weighted by molar-refractivity contribution is 14.0. The summed E-state index contributed by atoms with van der Waals surface area (Å²) in [6, 6.07) is 5.16. The molecule has 1 aliphatic carbocycles. The molecular weight excluding hydrogens is 492 g/mol. The lowest BCUT2D eigenvalue weighted by molar-refractivity contribution is 0.605. The van der Waals surface area contributed by atoms with Crippen LogP contribution in [0.4, 0.5) is 4.39 Å². The molecule has 1 aliphatic rings. The van der Waals surface area contributed by atoms with Gasteiger partial charge in [-0.25, -0.2) is 4.39 Å². The molecule has 0 bridgehead atoms. The first-order valence-electron chi connectivity index (χ1n) is 9.24. The van der Waals surface area contributed by atoms with Crippen molar-refractivity contribution >= 4 is 41.5 Å². The summed E-state index contributed by atoms with van der Waals surface area (Å²) in [6.07, 6.45) is 1.70. The van der Waals surface area contributed by atoms with Crippen molar-refractivity contribution in [1.82, 2.24) is 20.4 Å². The van der Waals surface area contributed by atoms with Crippen LogP contribution in [0.1, 0.15) is 41.8 Å². The molecule has 154 valence electrons. The van der Waals surface area contributed by atoms with Crippen molar-refractivity contribution in [1.29, 1.82) is 0 Å². The molecule has 0 aliphatic heterocycles. The number of benzene rings is 1. The Hall–Kier alpha value is -1.35. The largest absolute Gasteiger partial charge is 0.354 e. The fourth-order valence-corrected chi connectivity index (χ4v) is 3.89. The fourth-order valence-electron chi connectivity index (χ4n) is 3.59. The van der Waals surface area contributed by atoms with Gasteiger partial charge in [-0.05, 0) is 51.3 Å². The molecular formula is C20H28ClFIN5. The minimum atomic E-state index is -0.240. The van der Waals surface area contributed by atoms with E-state index >= 15 is 0 Å². The Morgan fingerprint density at radius 2 is 2.14 bits per heavy atom. The lowest BCUT2D eigenvalue weighted by Crippen LogP contribution is -2.44. The summed E-state index contributed by atoms with van der Waals surface area (Å²) < 4.78 is 16.0. The fraction of sp³-hybridized carbons (Fsp3) is 0.500. The van der Waals surface area contributed by atoms with Gasteiger partial charge in [0.25, 0.3) is 0 Å². The third-order valence-corrected chi connectivity index (χ3v) is 5.59. The van der Waals surface area contributed by atoms with Crippen LogP contribution in [0, 0.1) is 19.7 Å².